The Morgan fingerprint density at radius 1 is 1.13 bits per heavy atom. The lowest BCUT2D eigenvalue weighted by Crippen LogP contribution is -2.47. The Labute approximate surface area is 176 Å². The number of aliphatic hydroxyl groups is 1. The minimum absolute atomic E-state index is 0.0768. The number of carbonyl (C=O) groups excluding carboxylic acids is 2. The summed E-state index contributed by atoms with van der Waals surface area (Å²) in [7, 11) is 0. The van der Waals surface area contributed by atoms with Gasteiger partial charge in [0.2, 0.25) is 0 Å². The number of ether oxygens (including phenoxy) is 1. The highest BCUT2D eigenvalue weighted by molar-refractivity contribution is 6.07. The summed E-state index contributed by atoms with van der Waals surface area (Å²) in [5, 5.41) is 25.4. The zero-order chi connectivity index (χ0) is 22.0. The van der Waals surface area contributed by atoms with Crippen LogP contribution in [0.3, 0.4) is 0 Å². The first-order chi connectivity index (χ1) is 14.9. The van der Waals surface area contributed by atoms with Crippen LogP contribution in [-0.2, 0) is 16.9 Å². The number of nitrogens with zero attached hydrogens (tertiary/aromatic N) is 1. The topological polar surface area (TPSA) is 113 Å². The molecule has 1 aromatic heterocycles. The second-order valence-corrected chi connectivity index (χ2v) is 6.95. The van der Waals surface area contributed by atoms with E-state index in [0.29, 0.717) is 22.1 Å². The van der Waals surface area contributed by atoms with E-state index in [4.69, 9.17) is 9.84 Å². The molecule has 1 aliphatic heterocycles. The fourth-order valence-electron chi connectivity index (χ4n) is 3.55. The molecule has 3 amide bonds. The van der Waals surface area contributed by atoms with Gasteiger partial charge >= 0.3 is 6.03 Å². The lowest BCUT2D eigenvalue weighted by atomic mass is 9.89. The fourth-order valence-corrected chi connectivity index (χ4v) is 3.55. The number of nitrogens with one attached hydrogen (secondary N) is 2. The zero-order valence-electron chi connectivity index (χ0n) is 16.2. The van der Waals surface area contributed by atoms with E-state index in [1.165, 1.54) is 28.8 Å². The molecule has 2 aromatic carbocycles. The SMILES string of the molecule is O=C1NC(=O)C(Cn2cc3ccc(OCC#CCO)cc3c2O)(c2ccc(F)cc2)N1. The lowest BCUT2D eigenvalue weighted by Gasteiger charge is -2.27. The number of aromatic hydroxyl groups is 1. The normalized spacial score (nSPS) is 17.7. The molecule has 1 aliphatic rings. The van der Waals surface area contributed by atoms with Crippen molar-refractivity contribution in [1.82, 2.24) is 15.2 Å². The molecule has 1 atom stereocenters. The van der Waals surface area contributed by atoms with Gasteiger partial charge < -0.3 is 24.8 Å². The number of rotatable bonds is 5. The van der Waals surface area contributed by atoms with Crippen molar-refractivity contribution in [2.45, 2.75) is 12.1 Å². The van der Waals surface area contributed by atoms with Gasteiger partial charge in [-0.1, -0.05) is 24.0 Å². The number of aliphatic hydroxyl groups excluding tert-OH is 1. The van der Waals surface area contributed by atoms with E-state index in [9.17, 15) is 19.1 Å². The first-order valence-electron chi connectivity index (χ1n) is 9.34. The van der Waals surface area contributed by atoms with Gasteiger partial charge in [0.05, 0.1) is 6.54 Å². The molecule has 2 heterocycles. The number of fused-ring (bicyclic) bond motifs is 1. The molecule has 0 spiro atoms. The number of hydrogen-bond donors (Lipinski definition) is 4. The maximum absolute atomic E-state index is 13.4. The minimum atomic E-state index is -1.52. The second-order valence-electron chi connectivity index (χ2n) is 6.95. The predicted molar refractivity (Wildman–Crippen MR) is 109 cm³/mol. The number of aromatic nitrogens is 1. The highest BCUT2D eigenvalue weighted by Gasteiger charge is 2.48. The smallest absolute Gasteiger partial charge is 0.322 e. The van der Waals surface area contributed by atoms with Crippen molar-refractivity contribution in [2.24, 2.45) is 0 Å². The maximum atomic E-state index is 13.4. The minimum Gasteiger partial charge on any atom is -0.494 e. The Balaban J connectivity index is 1.69. The van der Waals surface area contributed by atoms with Gasteiger partial charge in [-0.2, -0.15) is 0 Å². The fraction of sp³-hybridized carbons (Fsp3) is 0.182. The largest absolute Gasteiger partial charge is 0.494 e. The van der Waals surface area contributed by atoms with Gasteiger partial charge in [0.15, 0.2) is 11.4 Å². The number of imide groups is 1. The predicted octanol–water partition coefficient (Wildman–Crippen LogP) is 1.60. The summed E-state index contributed by atoms with van der Waals surface area (Å²) in [4.78, 5) is 24.6. The monoisotopic (exact) mass is 423 g/mol. The van der Waals surface area contributed by atoms with E-state index in [-0.39, 0.29) is 25.6 Å². The Hall–Kier alpha value is -4.03. The number of benzene rings is 2. The third-order valence-electron chi connectivity index (χ3n) is 5.03. The number of hydrogen-bond acceptors (Lipinski definition) is 5. The summed E-state index contributed by atoms with van der Waals surface area (Å²) in [6.45, 7) is -0.297. The van der Waals surface area contributed by atoms with Gasteiger partial charge in [0.1, 0.15) is 24.8 Å². The van der Waals surface area contributed by atoms with Crippen LogP contribution in [-0.4, -0.2) is 39.9 Å². The van der Waals surface area contributed by atoms with Gasteiger partial charge in [-0.15, -0.1) is 0 Å². The summed E-state index contributed by atoms with van der Waals surface area (Å²) < 4.78 is 20.3. The van der Waals surface area contributed by atoms with Gasteiger partial charge in [-0.25, -0.2) is 9.18 Å². The molecule has 9 heteroatoms. The van der Waals surface area contributed by atoms with Crippen molar-refractivity contribution < 1.29 is 28.9 Å². The van der Waals surface area contributed by atoms with Crippen LogP contribution in [0, 0.1) is 17.7 Å². The van der Waals surface area contributed by atoms with Gasteiger partial charge in [0.25, 0.3) is 5.91 Å². The Bertz CT molecular complexity index is 1230. The van der Waals surface area contributed by atoms with Crippen LogP contribution < -0.4 is 15.4 Å². The quantitative estimate of drug-likeness (QED) is 0.368. The van der Waals surface area contributed by atoms with Crippen LogP contribution in [0.1, 0.15) is 5.56 Å². The zero-order valence-corrected chi connectivity index (χ0v) is 16.2. The molecule has 158 valence electrons. The van der Waals surface area contributed by atoms with Crippen molar-refractivity contribution in [2.75, 3.05) is 13.2 Å². The van der Waals surface area contributed by atoms with Crippen LogP contribution >= 0.6 is 0 Å². The summed E-state index contributed by atoms with van der Waals surface area (Å²) in [6.07, 6.45) is 1.64. The molecular formula is C22H18FN3O5. The summed E-state index contributed by atoms with van der Waals surface area (Å²) >= 11 is 0. The van der Waals surface area contributed by atoms with E-state index in [0.717, 1.165) is 0 Å². The molecule has 1 unspecified atom stereocenters. The average molecular weight is 423 g/mol. The molecule has 0 saturated carbocycles. The van der Waals surface area contributed by atoms with Crippen molar-refractivity contribution in [3.8, 4) is 23.5 Å². The highest BCUT2D eigenvalue weighted by Crippen LogP contribution is 2.34. The van der Waals surface area contributed by atoms with Crippen LogP contribution in [0.4, 0.5) is 9.18 Å². The number of halogens is 1. The molecule has 0 radical (unpaired) electrons. The Kier molecular flexibility index (Phi) is 5.23. The molecule has 4 N–H and O–H groups in total. The van der Waals surface area contributed by atoms with E-state index in [1.807, 2.05) is 0 Å². The average Bonchev–Trinajstić information content (AvgIpc) is 3.21. The van der Waals surface area contributed by atoms with Gasteiger partial charge in [0, 0.05) is 17.0 Å². The van der Waals surface area contributed by atoms with Crippen molar-refractivity contribution in [3.63, 3.8) is 0 Å². The second kappa shape index (κ2) is 8.01. The standard InChI is InChI=1S/C22H18FN3O5/c23-16-6-4-15(5-7-16)22(20(29)24-21(30)25-22)13-26-12-14-3-8-17(11-18(14)19(26)28)31-10-2-1-9-27/h3-8,11-12,27-28H,9-10,13H2,(H2,24,25,29,30). The Morgan fingerprint density at radius 3 is 2.58 bits per heavy atom. The highest BCUT2D eigenvalue weighted by atomic mass is 19.1. The maximum Gasteiger partial charge on any atom is 0.322 e. The van der Waals surface area contributed by atoms with Crippen LogP contribution in [0.5, 0.6) is 11.6 Å². The summed E-state index contributed by atoms with van der Waals surface area (Å²) in [5.41, 5.74) is -1.14. The molecule has 8 nitrogen and oxygen atoms in total. The first kappa shape index (κ1) is 20.3. The lowest BCUT2D eigenvalue weighted by molar-refractivity contribution is -0.124. The molecule has 0 aliphatic carbocycles. The number of carbonyl (C=O) groups is 2. The van der Waals surface area contributed by atoms with Crippen molar-refractivity contribution >= 4 is 22.7 Å². The summed E-state index contributed by atoms with van der Waals surface area (Å²) in [6, 6.07) is 9.61. The van der Waals surface area contributed by atoms with E-state index >= 15 is 0 Å². The van der Waals surface area contributed by atoms with Crippen molar-refractivity contribution in [1.29, 1.82) is 0 Å². The van der Waals surface area contributed by atoms with Crippen molar-refractivity contribution in [3.05, 3.63) is 60.0 Å². The van der Waals surface area contributed by atoms with Gasteiger partial charge in [-0.05, 0) is 35.9 Å². The molecular weight excluding hydrogens is 405 g/mol. The summed E-state index contributed by atoms with van der Waals surface area (Å²) in [5.74, 6) is 4.37. The molecule has 4 rings (SSSR count). The van der Waals surface area contributed by atoms with E-state index in [2.05, 4.69) is 22.5 Å². The Morgan fingerprint density at radius 2 is 1.90 bits per heavy atom. The molecule has 31 heavy (non-hydrogen) atoms. The van der Waals surface area contributed by atoms with Gasteiger partial charge in [-0.3, -0.25) is 10.1 Å². The third kappa shape index (κ3) is 3.76. The van der Waals surface area contributed by atoms with Crippen LogP contribution in [0.15, 0.2) is 48.7 Å². The molecule has 1 saturated heterocycles. The molecule has 1 fully saturated rings. The number of urea groups is 1. The third-order valence-corrected chi connectivity index (χ3v) is 5.03. The van der Waals surface area contributed by atoms with E-state index in [1.54, 1.807) is 24.4 Å². The van der Waals surface area contributed by atoms with E-state index < -0.39 is 23.3 Å². The number of amides is 3. The molecule has 3 aromatic rings. The van der Waals surface area contributed by atoms with Crippen LogP contribution in [0.25, 0.3) is 10.8 Å². The molecule has 0 bridgehead atoms. The van der Waals surface area contributed by atoms with Crippen LogP contribution in [0.2, 0.25) is 0 Å². The first-order valence-corrected chi connectivity index (χ1v) is 9.34.